The molecular formula is C11H14O5. The number of hydrogen-bond acceptors (Lipinski definition) is 4. The van der Waals surface area contributed by atoms with Crippen molar-refractivity contribution in [1.82, 2.24) is 0 Å². The lowest BCUT2D eigenvalue weighted by molar-refractivity contribution is -0.137. The van der Waals surface area contributed by atoms with E-state index in [9.17, 15) is 20.1 Å². The van der Waals surface area contributed by atoms with Crippen LogP contribution in [0.1, 0.15) is 18.4 Å². The Balaban J connectivity index is 2.55. The second-order valence-corrected chi connectivity index (χ2v) is 3.65. The Morgan fingerprint density at radius 3 is 2.25 bits per heavy atom. The van der Waals surface area contributed by atoms with Crippen molar-refractivity contribution in [2.45, 2.75) is 25.4 Å². The Hall–Kier alpha value is -1.75. The van der Waals surface area contributed by atoms with Crippen LogP contribution < -0.4 is 0 Å². The zero-order valence-corrected chi connectivity index (χ0v) is 8.63. The first-order valence-corrected chi connectivity index (χ1v) is 4.89. The summed E-state index contributed by atoms with van der Waals surface area (Å²) in [7, 11) is 0. The van der Waals surface area contributed by atoms with Gasteiger partial charge in [-0.15, -0.1) is 0 Å². The molecule has 0 saturated heterocycles. The maximum Gasteiger partial charge on any atom is 0.303 e. The molecule has 0 aliphatic rings. The molecule has 1 aromatic rings. The van der Waals surface area contributed by atoms with Crippen molar-refractivity contribution < 1.29 is 25.2 Å². The number of aliphatic hydroxyl groups excluding tert-OH is 1. The fourth-order valence-electron chi connectivity index (χ4n) is 1.44. The number of carbonyl (C=O) groups is 1. The largest absolute Gasteiger partial charge is 0.508 e. The topological polar surface area (TPSA) is 98.0 Å². The Labute approximate surface area is 92.6 Å². The molecule has 0 aliphatic heterocycles. The van der Waals surface area contributed by atoms with Crippen LogP contribution in [0.5, 0.6) is 11.5 Å². The molecule has 0 heterocycles. The normalized spacial score (nSPS) is 12.3. The van der Waals surface area contributed by atoms with Crippen LogP contribution >= 0.6 is 0 Å². The monoisotopic (exact) mass is 226 g/mol. The molecule has 0 amide bonds. The van der Waals surface area contributed by atoms with Crippen LogP contribution in [-0.4, -0.2) is 32.5 Å². The van der Waals surface area contributed by atoms with Crippen molar-refractivity contribution in [2.75, 3.05) is 0 Å². The molecule has 0 spiro atoms. The minimum atomic E-state index is -0.960. The highest BCUT2D eigenvalue weighted by atomic mass is 16.4. The summed E-state index contributed by atoms with van der Waals surface area (Å²) in [5.74, 6) is -1.13. The molecule has 1 aromatic carbocycles. The maximum atomic E-state index is 10.3. The lowest BCUT2D eigenvalue weighted by Crippen LogP contribution is -2.12. The highest BCUT2D eigenvalue weighted by Gasteiger charge is 2.09. The lowest BCUT2D eigenvalue weighted by Gasteiger charge is -2.09. The highest BCUT2D eigenvalue weighted by molar-refractivity contribution is 5.66. The highest BCUT2D eigenvalue weighted by Crippen LogP contribution is 2.21. The third kappa shape index (κ3) is 4.18. The first-order chi connectivity index (χ1) is 7.47. The Bertz CT molecular complexity index is 354. The van der Waals surface area contributed by atoms with Crippen LogP contribution in [0.4, 0.5) is 0 Å². The third-order valence-electron chi connectivity index (χ3n) is 2.13. The van der Waals surface area contributed by atoms with E-state index in [1.54, 1.807) is 0 Å². The van der Waals surface area contributed by atoms with Gasteiger partial charge in [-0.2, -0.15) is 0 Å². The standard InChI is InChI=1S/C11H14O5/c12-8(1-2-11(15)16)3-7-4-9(13)6-10(14)5-7/h4-6,8,12-14H,1-3H2,(H,15,16)/t8-/m1/s1. The molecule has 4 N–H and O–H groups in total. The number of carboxylic acids is 1. The van der Waals surface area contributed by atoms with Gasteiger partial charge in [-0.25, -0.2) is 0 Å². The van der Waals surface area contributed by atoms with Crippen molar-refractivity contribution in [3.8, 4) is 11.5 Å². The van der Waals surface area contributed by atoms with Gasteiger partial charge in [-0.05, 0) is 30.5 Å². The first-order valence-electron chi connectivity index (χ1n) is 4.89. The Kier molecular flexibility index (Phi) is 4.13. The SMILES string of the molecule is O=C(O)CC[C@@H](O)Cc1cc(O)cc(O)c1. The number of hydrogen-bond donors (Lipinski definition) is 4. The van der Waals surface area contributed by atoms with Gasteiger partial charge in [0.1, 0.15) is 11.5 Å². The molecule has 0 radical (unpaired) electrons. The van der Waals surface area contributed by atoms with Gasteiger partial charge < -0.3 is 20.4 Å². The first kappa shape index (κ1) is 12.3. The second-order valence-electron chi connectivity index (χ2n) is 3.65. The number of aliphatic carboxylic acids is 1. The number of aliphatic hydroxyl groups is 1. The fourth-order valence-corrected chi connectivity index (χ4v) is 1.44. The summed E-state index contributed by atoms with van der Waals surface area (Å²) < 4.78 is 0. The van der Waals surface area contributed by atoms with Gasteiger partial charge in [0.05, 0.1) is 6.10 Å². The van der Waals surface area contributed by atoms with E-state index in [4.69, 9.17) is 5.11 Å². The molecule has 0 aliphatic carbocycles. The molecule has 0 fully saturated rings. The molecule has 88 valence electrons. The molecule has 5 nitrogen and oxygen atoms in total. The average molecular weight is 226 g/mol. The van der Waals surface area contributed by atoms with E-state index in [0.29, 0.717) is 5.56 Å². The van der Waals surface area contributed by atoms with E-state index in [1.165, 1.54) is 18.2 Å². The molecule has 0 unspecified atom stereocenters. The quantitative estimate of drug-likeness (QED) is 0.597. The van der Waals surface area contributed by atoms with Crippen molar-refractivity contribution >= 4 is 5.97 Å². The van der Waals surface area contributed by atoms with E-state index in [0.717, 1.165) is 0 Å². The summed E-state index contributed by atoms with van der Waals surface area (Å²) in [4.78, 5) is 10.3. The number of phenolic OH excluding ortho intramolecular Hbond substituents is 2. The molecule has 16 heavy (non-hydrogen) atoms. The molecule has 0 bridgehead atoms. The number of aromatic hydroxyl groups is 2. The number of phenols is 2. The van der Waals surface area contributed by atoms with Crippen molar-refractivity contribution in [1.29, 1.82) is 0 Å². The van der Waals surface area contributed by atoms with Crippen LogP contribution in [0.3, 0.4) is 0 Å². The molecule has 1 atom stereocenters. The van der Waals surface area contributed by atoms with E-state index in [2.05, 4.69) is 0 Å². The van der Waals surface area contributed by atoms with Crippen LogP contribution in [0.15, 0.2) is 18.2 Å². The number of benzene rings is 1. The number of rotatable bonds is 5. The van der Waals surface area contributed by atoms with Crippen LogP contribution in [-0.2, 0) is 11.2 Å². The van der Waals surface area contributed by atoms with Gasteiger partial charge in [-0.1, -0.05) is 0 Å². The van der Waals surface area contributed by atoms with Crippen molar-refractivity contribution in [3.05, 3.63) is 23.8 Å². The lowest BCUT2D eigenvalue weighted by atomic mass is 10.0. The van der Waals surface area contributed by atoms with Crippen LogP contribution in [0.25, 0.3) is 0 Å². The van der Waals surface area contributed by atoms with Gasteiger partial charge in [0.15, 0.2) is 0 Å². The molecule has 1 rings (SSSR count). The summed E-state index contributed by atoms with van der Waals surface area (Å²) in [5.41, 5.74) is 0.565. The van der Waals surface area contributed by atoms with Gasteiger partial charge in [0, 0.05) is 12.5 Å². The Morgan fingerprint density at radius 2 is 1.75 bits per heavy atom. The van der Waals surface area contributed by atoms with E-state index in [1.807, 2.05) is 0 Å². The fraction of sp³-hybridized carbons (Fsp3) is 0.364. The zero-order valence-electron chi connectivity index (χ0n) is 8.63. The predicted molar refractivity (Wildman–Crippen MR) is 56.4 cm³/mol. The molecule has 0 saturated carbocycles. The van der Waals surface area contributed by atoms with E-state index < -0.39 is 12.1 Å². The predicted octanol–water partition coefficient (Wildman–Crippen LogP) is 0.866. The zero-order chi connectivity index (χ0) is 12.1. The van der Waals surface area contributed by atoms with Gasteiger partial charge in [0.25, 0.3) is 0 Å². The summed E-state index contributed by atoms with van der Waals surface area (Å²) >= 11 is 0. The minimum Gasteiger partial charge on any atom is -0.508 e. The summed E-state index contributed by atoms with van der Waals surface area (Å²) in [6.45, 7) is 0. The minimum absolute atomic E-state index is 0.0829. The summed E-state index contributed by atoms with van der Waals surface area (Å²) in [5, 5.41) is 36.3. The average Bonchev–Trinajstić information content (AvgIpc) is 2.12. The smallest absolute Gasteiger partial charge is 0.303 e. The summed E-state index contributed by atoms with van der Waals surface area (Å²) in [6.07, 6.45) is -0.551. The summed E-state index contributed by atoms with van der Waals surface area (Å²) in [6, 6.07) is 4.03. The number of carboxylic acid groups (broad SMARTS) is 1. The Morgan fingerprint density at radius 1 is 1.19 bits per heavy atom. The van der Waals surface area contributed by atoms with E-state index >= 15 is 0 Å². The molecular weight excluding hydrogens is 212 g/mol. The van der Waals surface area contributed by atoms with Crippen molar-refractivity contribution in [2.24, 2.45) is 0 Å². The third-order valence-corrected chi connectivity index (χ3v) is 2.13. The van der Waals surface area contributed by atoms with Gasteiger partial charge in [0.2, 0.25) is 0 Å². The van der Waals surface area contributed by atoms with Crippen molar-refractivity contribution in [3.63, 3.8) is 0 Å². The molecule has 0 aromatic heterocycles. The van der Waals surface area contributed by atoms with Crippen LogP contribution in [0, 0.1) is 0 Å². The van der Waals surface area contributed by atoms with Gasteiger partial charge >= 0.3 is 5.97 Å². The van der Waals surface area contributed by atoms with Gasteiger partial charge in [-0.3, -0.25) is 4.79 Å². The molecule has 5 heteroatoms. The maximum absolute atomic E-state index is 10.3. The van der Waals surface area contributed by atoms with E-state index in [-0.39, 0.29) is 30.8 Å². The van der Waals surface area contributed by atoms with Crippen LogP contribution in [0.2, 0.25) is 0 Å². The second kappa shape index (κ2) is 5.37.